The van der Waals surface area contributed by atoms with Crippen molar-refractivity contribution < 1.29 is 4.79 Å². The summed E-state index contributed by atoms with van der Waals surface area (Å²) in [6, 6.07) is 26.2. The highest BCUT2D eigenvalue weighted by Gasteiger charge is 2.32. The fraction of sp³-hybridized carbons (Fsp3) is 0.222. The molecule has 1 amide bonds. The lowest BCUT2D eigenvalue weighted by molar-refractivity contribution is 0.0962. The van der Waals surface area contributed by atoms with Crippen molar-refractivity contribution in [3.8, 4) is 0 Å². The fourth-order valence-electron chi connectivity index (χ4n) is 4.55. The number of piperidine rings is 1. The molecule has 0 spiro atoms. The van der Waals surface area contributed by atoms with Gasteiger partial charge in [0.25, 0.3) is 5.91 Å². The van der Waals surface area contributed by atoms with Gasteiger partial charge in [0.05, 0.1) is 5.02 Å². The van der Waals surface area contributed by atoms with E-state index < -0.39 is 0 Å². The number of para-hydroxylation sites is 1. The van der Waals surface area contributed by atoms with Crippen LogP contribution in [-0.2, 0) is 6.54 Å². The minimum Gasteiger partial charge on any atom is -0.304 e. The van der Waals surface area contributed by atoms with Crippen LogP contribution < -0.4 is 4.90 Å². The molecule has 176 valence electrons. The molecule has 0 N–H and O–H groups in total. The van der Waals surface area contributed by atoms with E-state index in [1.165, 1.54) is 16.9 Å². The molecule has 1 saturated heterocycles. The lowest BCUT2D eigenvalue weighted by Gasteiger charge is -2.38. The van der Waals surface area contributed by atoms with Crippen molar-refractivity contribution in [2.24, 2.45) is 0 Å². The average Bonchev–Trinajstić information content (AvgIpc) is 3.17. The number of nitrogens with zero attached hydrogens (tertiary/aromatic N) is 2. The van der Waals surface area contributed by atoms with Crippen LogP contribution in [0.25, 0.3) is 10.1 Å². The summed E-state index contributed by atoms with van der Waals surface area (Å²) in [5.41, 5.74) is 2.23. The summed E-state index contributed by atoms with van der Waals surface area (Å²) >= 11 is 14.3. The molecule has 1 fully saturated rings. The number of thiophene rings is 1. The maximum Gasteiger partial charge on any atom is 0.270 e. The average molecular weight is 532 g/mol. The number of fused-ring (bicyclic) bond motifs is 1. The molecule has 34 heavy (non-hydrogen) atoms. The highest BCUT2D eigenvalue weighted by atomic mass is 35.5. The van der Waals surface area contributed by atoms with Gasteiger partial charge in [0.2, 0.25) is 0 Å². The Kier molecular flexibility index (Phi) is 8.18. The standard InChI is InChI=1S/C27H24Cl2N2OS.ClH/c28-20-11-12-23-24(17-20)33-26(25(23)29)27(32)31(21-9-5-2-6-10-21)22-13-15-30(16-14-22)18-19-7-3-1-4-8-19;/h1-12,17,22H,13-16,18H2;1H. The first kappa shape index (κ1) is 25.0. The smallest absolute Gasteiger partial charge is 0.270 e. The maximum absolute atomic E-state index is 13.9. The van der Waals surface area contributed by atoms with Crippen LogP contribution in [0, 0.1) is 0 Å². The molecule has 3 aromatic carbocycles. The van der Waals surface area contributed by atoms with Crippen molar-refractivity contribution in [2.45, 2.75) is 25.4 Å². The van der Waals surface area contributed by atoms with Crippen LogP contribution in [0.4, 0.5) is 5.69 Å². The van der Waals surface area contributed by atoms with Crippen molar-refractivity contribution in [3.05, 3.63) is 99.3 Å². The molecule has 2 heterocycles. The molecule has 3 nitrogen and oxygen atoms in total. The van der Waals surface area contributed by atoms with Crippen LogP contribution in [0.2, 0.25) is 10.0 Å². The number of benzene rings is 3. The number of hydrogen-bond acceptors (Lipinski definition) is 3. The molecule has 0 bridgehead atoms. The number of hydrogen-bond donors (Lipinski definition) is 0. The van der Waals surface area contributed by atoms with Gasteiger partial charge in [-0.25, -0.2) is 0 Å². The zero-order valence-electron chi connectivity index (χ0n) is 18.5. The van der Waals surface area contributed by atoms with E-state index in [1.54, 1.807) is 0 Å². The van der Waals surface area contributed by atoms with Crippen molar-refractivity contribution in [3.63, 3.8) is 0 Å². The molecule has 1 aliphatic rings. The van der Waals surface area contributed by atoms with Gasteiger partial charge in [0.1, 0.15) is 4.88 Å². The summed E-state index contributed by atoms with van der Waals surface area (Å²) < 4.78 is 0.932. The second-order valence-electron chi connectivity index (χ2n) is 8.39. The topological polar surface area (TPSA) is 23.6 Å². The Morgan fingerprint density at radius 3 is 2.26 bits per heavy atom. The summed E-state index contributed by atoms with van der Waals surface area (Å²) in [4.78, 5) is 18.9. The largest absolute Gasteiger partial charge is 0.304 e. The molecule has 1 aliphatic heterocycles. The SMILES string of the molecule is Cl.O=C(c1sc2cc(Cl)ccc2c1Cl)N(c1ccccc1)C1CCN(Cc2ccccc2)CC1. The first-order valence-electron chi connectivity index (χ1n) is 11.1. The first-order valence-corrected chi connectivity index (χ1v) is 12.7. The fourth-order valence-corrected chi connectivity index (χ4v) is 6.27. The highest BCUT2D eigenvalue weighted by molar-refractivity contribution is 7.21. The van der Waals surface area contributed by atoms with E-state index in [0.717, 1.165) is 48.2 Å². The molecule has 1 aromatic heterocycles. The minimum atomic E-state index is -0.0370. The van der Waals surface area contributed by atoms with Crippen LogP contribution in [0.15, 0.2) is 78.9 Å². The Labute approximate surface area is 220 Å². The zero-order chi connectivity index (χ0) is 22.8. The third-order valence-corrected chi connectivity index (χ3v) is 8.09. The predicted molar refractivity (Wildman–Crippen MR) is 147 cm³/mol. The number of carbonyl (C=O) groups excluding carboxylic acids is 1. The molecule has 4 aromatic rings. The molecular formula is C27H25Cl3N2OS. The Balaban J connectivity index is 0.00000274. The summed E-state index contributed by atoms with van der Waals surface area (Å²) in [5.74, 6) is -0.0370. The van der Waals surface area contributed by atoms with E-state index in [4.69, 9.17) is 23.2 Å². The second kappa shape index (κ2) is 11.1. The van der Waals surface area contributed by atoms with E-state index in [9.17, 15) is 4.79 Å². The number of rotatable bonds is 5. The molecule has 0 aliphatic carbocycles. The van der Waals surface area contributed by atoms with Crippen molar-refractivity contribution in [1.29, 1.82) is 0 Å². The number of anilines is 1. The summed E-state index contributed by atoms with van der Waals surface area (Å²) in [7, 11) is 0. The van der Waals surface area contributed by atoms with Crippen LogP contribution in [0.3, 0.4) is 0 Å². The van der Waals surface area contributed by atoms with Gasteiger partial charge < -0.3 is 4.90 Å². The Morgan fingerprint density at radius 1 is 0.941 bits per heavy atom. The van der Waals surface area contributed by atoms with Crippen molar-refractivity contribution in [2.75, 3.05) is 18.0 Å². The molecule has 0 radical (unpaired) electrons. The molecule has 7 heteroatoms. The Morgan fingerprint density at radius 2 is 1.59 bits per heavy atom. The van der Waals surface area contributed by atoms with Crippen molar-refractivity contribution in [1.82, 2.24) is 4.90 Å². The molecule has 0 unspecified atom stereocenters. The van der Waals surface area contributed by atoms with Gasteiger partial charge in [-0.3, -0.25) is 9.69 Å². The Bertz CT molecular complexity index is 1260. The predicted octanol–water partition coefficient (Wildman–Crippen LogP) is 7.94. The normalized spacial score (nSPS) is 14.6. The highest BCUT2D eigenvalue weighted by Crippen LogP contribution is 2.39. The molecule has 5 rings (SSSR count). The molecular weight excluding hydrogens is 507 g/mol. The zero-order valence-corrected chi connectivity index (χ0v) is 21.6. The Hall–Kier alpha value is -2.08. The third kappa shape index (κ3) is 5.27. The number of carbonyl (C=O) groups is 1. The lowest BCUT2D eigenvalue weighted by atomic mass is 10.0. The van der Waals surface area contributed by atoms with E-state index in [1.807, 2.05) is 59.5 Å². The van der Waals surface area contributed by atoms with Crippen LogP contribution in [-0.4, -0.2) is 29.9 Å². The van der Waals surface area contributed by atoms with Crippen LogP contribution in [0.5, 0.6) is 0 Å². The van der Waals surface area contributed by atoms with E-state index in [-0.39, 0.29) is 24.4 Å². The number of halogens is 3. The van der Waals surface area contributed by atoms with Gasteiger partial charge in [-0.2, -0.15) is 0 Å². The van der Waals surface area contributed by atoms with Gasteiger partial charge in [-0.15, -0.1) is 23.7 Å². The number of likely N-dealkylation sites (tertiary alicyclic amines) is 1. The monoisotopic (exact) mass is 530 g/mol. The van der Waals surface area contributed by atoms with Gasteiger partial charge in [0, 0.05) is 46.5 Å². The van der Waals surface area contributed by atoms with Gasteiger partial charge in [-0.1, -0.05) is 77.8 Å². The molecule has 0 atom stereocenters. The molecule has 0 saturated carbocycles. The first-order chi connectivity index (χ1) is 16.1. The minimum absolute atomic E-state index is 0. The van der Waals surface area contributed by atoms with E-state index in [2.05, 4.69) is 29.2 Å². The summed E-state index contributed by atoms with van der Waals surface area (Å²) in [6.07, 6.45) is 1.84. The van der Waals surface area contributed by atoms with Crippen molar-refractivity contribution >= 4 is 68.6 Å². The van der Waals surface area contributed by atoms with Gasteiger partial charge in [-0.05, 0) is 42.7 Å². The third-order valence-electron chi connectivity index (χ3n) is 6.21. The second-order valence-corrected chi connectivity index (χ2v) is 10.3. The quantitative estimate of drug-likeness (QED) is 0.261. The van der Waals surface area contributed by atoms with Gasteiger partial charge in [0.15, 0.2) is 0 Å². The summed E-state index contributed by atoms with van der Waals surface area (Å²) in [6.45, 7) is 2.84. The van der Waals surface area contributed by atoms with E-state index in [0.29, 0.717) is 14.9 Å². The lowest BCUT2D eigenvalue weighted by Crippen LogP contribution is -2.47. The van der Waals surface area contributed by atoms with Crippen LogP contribution >= 0.6 is 46.9 Å². The van der Waals surface area contributed by atoms with Crippen LogP contribution in [0.1, 0.15) is 28.1 Å². The maximum atomic E-state index is 13.9. The van der Waals surface area contributed by atoms with Gasteiger partial charge >= 0.3 is 0 Å². The van der Waals surface area contributed by atoms with E-state index >= 15 is 0 Å². The summed E-state index contributed by atoms with van der Waals surface area (Å²) in [5, 5.41) is 2.03. The number of amides is 1.